The first kappa shape index (κ1) is 17.7. The van der Waals surface area contributed by atoms with Crippen LogP contribution in [0.4, 0.5) is 0 Å². The number of benzene rings is 3. The molecule has 1 amide bonds. The van der Waals surface area contributed by atoms with Crippen molar-refractivity contribution in [1.29, 1.82) is 0 Å². The van der Waals surface area contributed by atoms with E-state index in [9.17, 15) is 4.79 Å². The van der Waals surface area contributed by atoms with E-state index in [2.05, 4.69) is 10.3 Å². The Kier molecular flexibility index (Phi) is 5.29. The summed E-state index contributed by atoms with van der Waals surface area (Å²) in [5.41, 5.74) is 1.76. The Morgan fingerprint density at radius 2 is 1.61 bits per heavy atom. The summed E-state index contributed by atoms with van der Waals surface area (Å²) in [6.45, 7) is -0.0610. The molecule has 28 heavy (non-hydrogen) atoms. The van der Waals surface area contributed by atoms with Crippen molar-refractivity contribution < 1.29 is 9.53 Å². The van der Waals surface area contributed by atoms with Crippen LogP contribution in [0.15, 0.2) is 97.2 Å². The van der Waals surface area contributed by atoms with E-state index >= 15 is 0 Å². The molecular formula is C24H20N2O2. The zero-order valence-corrected chi connectivity index (χ0v) is 15.3. The fourth-order valence-corrected chi connectivity index (χ4v) is 3.13. The quantitative estimate of drug-likeness (QED) is 0.544. The molecule has 4 heteroatoms. The number of pyridine rings is 1. The Labute approximate surface area is 163 Å². The summed E-state index contributed by atoms with van der Waals surface area (Å²) in [6.07, 6.45) is 1.73. The topological polar surface area (TPSA) is 51.2 Å². The molecule has 0 saturated carbocycles. The summed E-state index contributed by atoms with van der Waals surface area (Å²) in [7, 11) is 0. The van der Waals surface area contributed by atoms with Crippen LogP contribution in [-0.2, 0) is 4.79 Å². The predicted octanol–water partition coefficient (Wildman–Crippen LogP) is 4.52. The van der Waals surface area contributed by atoms with Crippen LogP contribution in [-0.4, -0.2) is 17.5 Å². The van der Waals surface area contributed by atoms with Crippen molar-refractivity contribution in [2.24, 2.45) is 0 Å². The lowest BCUT2D eigenvalue weighted by Crippen LogP contribution is -2.33. The smallest absolute Gasteiger partial charge is 0.258 e. The minimum Gasteiger partial charge on any atom is -0.484 e. The number of fused-ring (bicyclic) bond motifs is 1. The zero-order valence-electron chi connectivity index (χ0n) is 15.3. The van der Waals surface area contributed by atoms with E-state index in [4.69, 9.17) is 4.74 Å². The molecule has 0 spiro atoms. The average molecular weight is 368 g/mol. The van der Waals surface area contributed by atoms with Gasteiger partial charge in [-0.3, -0.25) is 9.78 Å². The third kappa shape index (κ3) is 4.18. The van der Waals surface area contributed by atoms with Crippen molar-refractivity contribution in [3.05, 3.63) is 108 Å². The highest BCUT2D eigenvalue weighted by molar-refractivity contribution is 5.84. The predicted molar refractivity (Wildman–Crippen MR) is 110 cm³/mol. The van der Waals surface area contributed by atoms with E-state index in [1.54, 1.807) is 6.20 Å². The maximum absolute atomic E-state index is 12.6. The van der Waals surface area contributed by atoms with Gasteiger partial charge in [0.2, 0.25) is 0 Å². The van der Waals surface area contributed by atoms with Crippen LogP contribution in [0.25, 0.3) is 10.8 Å². The number of ether oxygens (including phenoxy) is 1. The van der Waals surface area contributed by atoms with Crippen molar-refractivity contribution in [2.75, 3.05) is 6.61 Å². The van der Waals surface area contributed by atoms with Gasteiger partial charge in [0.15, 0.2) is 6.61 Å². The number of rotatable bonds is 6. The number of hydrogen-bond acceptors (Lipinski definition) is 3. The third-order valence-corrected chi connectivity index (χ3v) is 4.51. The van der Waals surface area contributed by atoms with Gasteiger partial charge < -0.3 is 10.1 Å². The molecule has 0 saturated heterocycles. The SMILES string of the molecule is O=C(COc1ccc2ccccc2c1)NC(c1ccccc1)c1ccccn1. The van der Waals surface area contributed by atoms with E-state index in [0.29, 0.717) is 5.75 Å². The van der Waals surface area contributed by atoms with Crippen LogP contribution in [0.5, 0.6) is 5.75 Å². The molecule has 3 aromatic carbocycles. The molecule has 138 valence electrons. The lowest BCUT2D eigenvalue weighted by molar-refractivity contribution is -0.123. The van der Waals surface area contributed by atoms with Gasteiger partial charge in [0, 0.05) is 6.20 Å². The van der Waals surface area contributed by atoms with Gasteiger partial charge in [0.25, 0.3) is 5.91 Å². The molecule has 0 bridgehead atoms. The molecule has 0 aliphatic rings. The van der Waals surface area contributed by atoms with Crippen LogP contribution in [0.3, 0.4) is 0 Å². The first-order chi connectivity index (χ1) is 13.8. The van der Waals surface area contributed by atoms with E-state index in [0.717, 1.165) is 22.0 Å². The molecule has 1 unspecified atom stereocenters. The molecule has 4 aromatic rings. The number of hydrogen-bond donors (Lipinski definition) is 1. The monoisotopic (exact) mass is 368 g/mol. The Morgan fingerprint density at radius 3 is 2.39 bits per heavy atom. The average Bonchev–Trinajstić information content (AvgIpc) is 2.77. The maximum Gasteiger partial charge on any atom is 0.258 e. The molecule has 0 aliphatic carbocycles. The fourth-order valence-electron chi connectivity index (χ4n) is 3.13. The number of carbonyl (C=O) groups is 1. The highest BCUT2D eigenvalue weighted by Gasteiger charge is 2.18. The van der Waals surface area contributed by atoms with Crippen molar-refractivity contribution in [3.63, 3.8) is 0 Å². The van der Waals surface area contributed by atoms with Gasteiger partial charge in [-0.15, -0.1) is 0 Å². The molecule has 4 nitrogen and oxygen atoms in total. The van der Waals surface area contributed by atoms with Crippen molar-refractivity contribution >= 4 is 16.7 Å². The summed E-state index contributed by atoms with van der Waals surface area (Å²) < 4.78 is 5.72. The second-order valence-electron chi connectivity index (χ2n) is 6.46. The second kappa shape index (κ2) is 8.35. The lowest BCUT2D eigenvalue weighted by atomic mass is 10.0. The van der Waals surface area contributed by atoms with Crippen molar-refractivity contribution in [1.82, 2.24) is 10.3 Å². The van der Waals surface area contributed by atoms with E-state index < -0.39 is 0 Å². The lowest BCUT2D eigenvalue weighted by Gasteiger charge is -2.19. The number of carbonyl (C=O) groups excluding carboxylic acids is 1. The molecular weight excluding hydrogens is 348 g/mol. The summed E-state index contributed by atoms with van der Waals surface area (Å²) in [5, 5.41) is 5.25. The van der Waals surface area contributed by atoms with Gasteiger partial charge in [-0.25, -0.2) is 0 Å². The van der Waals surface area contributed by atoms with Gasteiger partial charge in [-0.1, -0.05) is 66.7 Å². The fraction of sp³-hybridized carbons (Fsp3) is 0.0833. The van der Waals surface area contributed by atoms with Gasteiger partial charge in [-0.05, 0) is 40.6 Å². The molecule has 4 rings (SSSR count). The summed E-state index contributed by atoms with van der Waals surface area (Å²) in [4.78, 5) is 17.0. The first-order valence-corrected chi connectivity index (χ1v) is 9.16. The number of amides is 1. The molecule has 0 fully saturated rings. The van der Waals surface area contributed by atoms with Crippen molar-refractivity contribution in [3.8, 4) is 5.75 Å². The number of nitrogens with one attached hydrogen (secondary N) is 1. The van der Waals surface area contributed by atoms with Gasteiger partial charge in [0.1, 0.15) is 5.75 Å². The molecule has 0 radical (unpaired) electrons. The Hall–Kier alpha value is -3.66. The van der Waals surface area contributed by atoms with E-state index in [1.807, 2.05) is 91.0 Å². The Balaban J connectivity index is 1.47. The minimum atomic E-state index is -0.324. The minimum absolute atomic E-state index is 0.0610. The largest absolute Gasteiger partial charge is 0.484 e. The number of nitrogens with zero attached hydrogens (tertiary/aromatic N) is 1. The first-order valence-electron chi connectivity index (χ1n) is 9.16. The summed E-state index contributed by atoms with van der Waals surface area (Å²) in [5.74, 6) is 0.468. The maximum atomic E-state index is 12.6. The number of aromatic nitrogens is 1. The third-order valence-electron chi connectivity index (χ3n) is 4.51. The summed E-state index contributed by atoms with van der Waals surface area (Å²) in [6, 6.07) is 29.0. The van der Waals surface area contributed by atoms with Gasteiger partial charge in [-0.2, -0.15) is 0 Å². The Morgan fingerprint density at radius 1 is 0.857 bits per heavy atom. The van der Waals surface area contributed by atoms with Crippen molar-refractivity contribution in [2.45, 2.75) is 6.04 Å². The van der Waals surface area contributed by atoms with Gasteiger partial charge >= 0.3 is 0 Å². The van der Waals surface area contributed by atoms with Crippen LogP contribution in [0.2, 0.25) is 0 Å². The highest BCUT2D eigenvalue weighted by Crippen LogP contribution is 2.22. The van der Waals surface area contributed by atoms with Crippen LogP contribution in [0, 0.1) is 0 Å². The van der Waals surface area contributed by atoms with Crippen LogP contribution >= 0.6 is 0 Å². The van der Waals surface area contributed by atoms with Gasteiger partial charge in [0.05, 0.1) is 11.7 Å². The summed E-state index contributed by atoms with van der Waals surface area (Å²) >= 11 is 0. The zero-order chi connectivity index (χ0) is 19.2. The van der Waals surface area contributed by atoms with E-state index in [1.165, 1.54) is 0 Å². The standard InChI is InChI=1S/C24H20N2O2/c27-23(17-28-21-14-13-18-8-4-5-11-20(18)16-21)26-24(19-9-2-1-3-10-19)22-12-6-7-15-25-22/h1-16,24H,17H2,(H,26,27). The molecule has 0 aliphatic heterocycles. The normalized spacial score (nSPS) is 11.7. The molecule has 1 atom stereocenters. The molecule has 1 aromatic heterocycles. The molecule has 1 heterocycles. The van der Waals surface area contributed by atoms with Crippen LogP contribution in [0.1, 0.15) is 17.3 Å². The highest BCUT2D eigenvalue weighted by atomic mass is 16.5. The van der Waals surface area contributed by atoms with E-state index in [-0.39, 0.29) is 18.6 Å². The Bertz CT molecular complexity index is 1030. The molecule has 1 N–H and O–H groups in total. The van der Waals surface area contributed by atoms with Crippen LogP contribution < -0.4 is 10.1 Å². The second-order valence-corrected chi connectivity index (χ2v) is 6.46.